The van der Waals surface area contributed by atoms with E-state index < -0.39 is 11.6 Å². The minimum absolute atomic E-state index is 0.00127. The fraction of sp³-hybridized carbons (Fsp3) is 0.238. The highest BCUT2D eigenvalue weighted by atomic mass is 19.1. The Balaban J connectivity index is 1.86. The van der Waals surface area contributed by atoms with E-state index in [1.807, 2.05) is 0 Å². The van der Waals surface area contributed by atoms with E-state index in [9.17, 15) is 13.6 Å². The molecule has 2 heterocycles. The molecule has 1 aliphatic carbocycles. The van der Waals surface area contributed by atoms with Crippen LogP contribution >= 0.6 is 0 Å². The van der Waals surface area contributed by atoms with Crippen molar-refractivity contribution in [3.63, 3.8) is 0 Å². The van der Waals surface area contributed by atoms with Gasteiger partial charge in [0.1, 0.15) is 18.2 Å². The van der Waals surface area contributed by atoms with Crippen molar-refractivity contribution in [1.29, 1.82) is 0 Å². The molecule has 0 radical (unpaired) electrons. The smallest absolute Gasteiger partial charge is 0.281 e. The molecular weight excluding hydrogens is 406 g/mol. The van der Waals surface area contributed by atoms with Crippen LogP contribution in [0.1, 0.15) is 30.3 Å². The van der Waals surface area contributed by atoms with Crippen LogP contribution in [-0.2, 0) is 6.54 Å². The molecule has 2 aromatic carbocycles. The summed E-state index contributed by atoms with van der Waals surface area (Å²) in [6, 6.07) is 5.36. The monoisotopic (exact) mass is 422 g/mol. The Hall–Kier alpha value is -3.91. The van der Waals surface area contributed by atoms with Crippen LogP contribution in [0.4, 0.5) is 14.5 Å². The molecule has 10 heteroatoms. The normalized spacial score (nSPS) is 13.6. The molecule has 8 nitrogen and oxygen atoms in total. The van der Waals surface area contributed by atoms with Gasteiger partial charge in [0.2, 0.25) is 5.89 Å². The Morgan fingerprint density at radius 3 is 2.77 bits per heavy atom. The van der Waals surface area contributed by atoms with Crippen molar-refractivity contribution in [1.82, 2.24) is 9.55 Å². The molecule has 156 valence electrons. The predicted octanol–water partition coefficient (Wildman–Crippen LogP) is 5.12. The molecule has 1 aliphatic rings. The lowest BCUT2D eigenvalue weighted by atomic mass is 9.96. The van der Waals surface area contributed by atoms with Crippen molar-refractivity contribution in [3.8, 4) is 11.1 Å². The number of pyridine rings is 1. The average molecular weight is 422 g/mol. The summed E-state index contributed by atoms with van der Waals surface area (Å²) in [7, 11) is 0. The molecular formula is C21H16F2N6O2. The lowest BCUT2D eigenvalue weighted by Crippen LogP contribution is -2.20. The summed E-state index contributed by atoms with van der Waals surface area (Å²) in [6.45, 7) is 1.63. The Bertz CT molecular complexity index is 1500. The third-order valence-corrected chi connectivity index (χ3v) is 5.57. The van der Waals surface area contributed by atoms with E-state index >= 15 is 0 Å². The summed E-state index contributed by atoms with van der Waals surface area (Å²) in [4.78, 5) is 20.2. The van der Waals surface area contributed by atoms with E-state index in [1.54, 1.807) is 23.6 Å². The summed E-state index contributed by atoms with van der Waals surface area (Å²) in [5, 5.41) is 4.07. The number of aryl methyl sites for hydroxylation is 1. The van der Waals surface area contributed by atoms with Gasteiger partial charge >= 0.3 is 0 Å². The van der Waals surface area contributed by atoms with Gasteiger partial charge in [-0.05, 0) is 48.6 Å². The molecule has 0 spiro atoms. The van der Waals surface area contributed by atoms with Crippen molar-refractivity contribution in [2.45, 2.75) is 32.4 Å². The maximum absolute atomic E-state index is 14.6. The Labute approximate surface area is 173 Å². The summed E-state index contributed by atoms with van der Waals surface area (Å²) in [6.07, 6.45) is 1.66. The molecule has 0 unspecified atom stereocenters. The number of aromatic nitrogens is 2. The van der Waals surface area contributed by atoms with Gasteiger partial charge in [0.05, 0.1) is 11.2 Å². The first kappa shape index (κ1) is 19.1. The second-order valence-electron chi connectivity index (χ2n) is 7.57. The molecule has 0 aliphatic heterocycles. The minimum atomic E-state index is -0.719. The van der Waals surface area contributed by atoms with Crippen LogP contribution in [-0.4, -0.2) is 9.55 Å². The number of halogens is 2. The number of oxazole rings is 1. The van der Waals surface area contributed by atoms with Crippen molar-refractivity contribution < 1.29 is 13.2 Å². The number of hydrogen-bond acceptors (Lipinski definition) is 5. The lowest BCUT2D eigenvalue weighted by molar-refractivity contribution is 0.535. The Morgan fingerprint density at radius 2 is 2.06 bits per heavy atom. The lowest BCUT2D eigenvalue weighted by Gasteiger charge is -2.16. The largest absolute Gasteiger partial charge is 0.440 e. The van der Waals surface area contributed by atoms with Gasteiger partial charge in [0, 0.05) is 28.0 Å². The highest BCUT2D eigenvalue weighted by Crippen LogP contribution is 2.41. The number of fused-ring (bicyclic) bond motifs is 3. The van der Waals surface area contributed by atoms with Crippen LogP contribution < -0.4 is 11.3 Å². The molecule has 0 atom stereocenters. The number of rotatable bonds is 4. The van der Waals surface area contributed by atoms with E-state index in [0.717, 1.165) is 25.0 Å². The molecule has 1 fully saturated rings. The zero-order valence-corrected chi connectivity index (χ0v) is 16.4. The van der Waals surface area contributed by atoms with Gasteiger partial charge in [-0.2, -0.15) is 0 Å². The molecule has 0 bridgehead atoms. The molecule has 1 saturated carbocycles. The number of nitrogens with two attached hydrogens (primary N) is 1. The minimum Gasteiger partial charge on any atom is -0.440 e. The molecule has 31 heavy (non-hydrogen) atoms. The van der Waals surface area contributed by atoms with Crippen molar-refractivity contribution >= 4 is 27.7 Å². The fourth-order valence-corrected chi connectivity index (χ4v) is 4.00. The third-order valence-electron chi connectivity index (χ3n) is 5.57. The first-order chi connectivity index (χ1) is 14.9. The molecule has 2 aromatic heterocycles. The second-order valence-corrected chi connectivity index (χ2v) is 7.57. The standard InChI is InChI=1S/C21H16F2N6O2/c1-9-11(13-6-15(23)16(24)7-14(13)22)4-5-12-19(9)29(10-2-3-10)21(30)18-20(12)31-17(27-18)8-26-28-25/h4-7,10H,2-3,8,24H2,1H3. The van der Waals surface area contributed by atoms with E-state index in [-0.39, 0.29) is 46.4 Å². The van der Waals surface area contributed by atoms with E-state index in [2.05, 4.69) is 15.0 Å². The van der Waals surface area contributed by atoms with Gasteiger partial charge in [-0.1, -0.05) is 11.2 Å². The third kappa shape index (κ3) is 2.91. The van der Waals surface area contributed by atoms with E-state index in [4.69, 9.17) is 15.7 Å². The number of nitrogens with zero attached hydrogens (tertiary/aromatic N) is 5. The zero-order valence-electron chi connectivity index (χ0n) is 16.4. The molecule has 0 amide bonds. The Morgan fingerprint density at radius 1 is 1.29 bits per heavy atom. The first-order valence-corrected chi connectivity index (χ1v) is 9.63. The van der Waals surface area contributed by atoms with Crippen LogP contribution in [0.25, 0.3) is 43.6 Å². The SMILES string of the molecule is Cc1c(-c2cc(F)c(N)cc2F)ccc2c3oc(CN=[N+]=[N-])nc3c(=O)n(C3CC3)c12. The van der Waals surface area contributed by atoms with Gasteiger partial charge in [-0.15, -0.1) is 0 Å². The molecule has 5 rings (SSSR count). The molecule has 4 aromatic rings. The van der Waals surface area contributed by atoms with Crippen LogP contribution in [0.15, 0.2) is 38.6 Å². The van der Waals surface area contributed by atoms with E-state index in [1.165, 1.54) is 0 Å². The van der Waals surface area contributed by atoms with Crippen LogP contribution in [0.3, 0.4) is 0 Å². The number of hydrogen-bond donors (Lipinski definition) is 1. The number of anilines is 1. The van der Waals surface area contributed by atoms with Gasteiger partial charge < -0.3 is 14.7 Å². The van der Waals surface area contributed by atoms with Gasteiger partial charge in [-0.25, -0.2) is 13.8 Å². The van der Waals surface area contributed by atoms with Crippen LogP contribution in [0.5, 0.6) is 0 Å². The van der Waals surface area contributed by atoms with E-state index in [0.29, 0.717) is 22.0 Å². The average Bonchev–Trinajstić information content (AvgIpc) is 3.48. The topological polar surface area (TPSA) is 123 Å². The highest BCUT2D eigenvalue weighted by molar-refractivity contribution is 6.04. The highest BCUT2D eigenvalue weighted by Gasteiger charge is 2.30. The van der Waals surface area contributed by atoms with Gasteiger partial charge in [-0.3, -0.25) is 4.79 Å². The second kappa shape index (κ2) is 6.82. The summed E-state index contributed by atoms with van der Waals surface area (Å²) >= 11 is 0. The number of benzene rings is 2. The fourth-order valence-electron chi connectivity index (χ4n) is 4.00. The first-order valence-electron chi connectivity index (χ1n) is 9.63. The van der Waals surface area contributed by atoms with Gasteiger partial charge in [0.25, 0.3) is 5.56 Å². The van der Waals surface area contributed by atoms with Crippen molar-refractivity contribution in [2.24, 2.45) is 5.11 Å². The van der Waals surface area contributed by atoms with Crippen LogP contribution in [0, 0.1) is 18.6 Å². The summed E-state index contributed by atoms with van der Waals surface area (Å²) in [5.41, 5.74) is 15.6. The summed E-state index contributed by atoms with van der Waals surface area (Å²) in [5.74, 6) is -1.24. The summed E-state index contributed by atoms with van der Waals surface area (Å²) < 4.78 is 36.1. The molecule has 0 saturated heterocycles. The maximum atomic E-state index is 14.6. The number of nitrogen functional groups attached to an aromatic ring is 1. The Kier molecular flexibility index (Phi) is 4.19. The van der Waals surface area contributed by atoms with Crippen LogP contribution in [0.2, 0.25) is 0 Å². The predicted molar refractivity (Wildman–Crippen MR) is 111 cm³/mol. The zero-order chi connectivity index (χ0) is 21.9. The van der Waals surface area contributed by atoms with Crippen molar-refractivity contribution in [3.05, 3.63) is 68.2 Å². The maximum Gasteiger partial charge on any atom is 0.281 e. The molecule has 2 N–H and O–H groups in total. The quantitative estimate of drug-likeness (QED) is 0.212. The van der Waals surface area contributed by atoms with Gasteiger partial charge in [0.15, 0.2) is 11.1 Å². The van der Waals surface area contributed by atoms with Crippen molar-refractivity contribution in [2.75, 3.05) is 5.73 Å². The number of azide groups is 1.